The predicted molar refractivity (Wildman–Crippen MR) is 171 cm³/mol. The van der Waals surface area contributed by atoms with Crippen LogP contribution < -0.4 is 20.9 Å². The van der Waals surface area contributed by atoms with Gasteiger partial charge < -0.3 is 30.1 Å². The van der Waals surface area contributed by atoms with E-state index in [9.17, 15) is 14.9 Å². The number of primary amides is 2. The van der Waals surface area contributed by atoms with Crippen LogP contribution in [0, 0.1) is 29.5 Å². The number of rotatable bonds is 9. The van der Waals surface area contributed by atoms with Gasteiger partial charge in [0.1, 0.15) is 34.3 Å². The highest BCUT2D eigenvalue weighted by Gasteiger charge is 2.27. The minimum atomic E-state index is -0.771. The first-order valence-electron chi connectivity index (χ1n) is 14.2. The van der Waals surface area contributed by atoms with Gasteiger partial charge in [0.25, 0.3) is 11.8 Å². The van der Waals surface area contributed by atoms with E-state index in [1.165, 1.54) is 62.8 Å². The zero-order chi connectivity index (χ0) is 34.3. The van der Waals surface area contributed by atoms with Crippen molar-refractivity contribution in [2.45, 2.75) is 13.1 Å². The first-order chi connectivity index (χ1) is 23.1. The molecule has 6 aromatic rings. The first-order valence-corrected chi connectivity index (χ1v) is 14.2. The Morgan fingerprint density at radius 2 is 1.29 bits per heavy atom. The molecule has 0 aliphatic rings. The number of fused-ring (bicyclic) bond motifs is 2. The van der Waals surface area contributed by atoms with Crippen LogP contribution in [0.15, 0.2) is 60.7 Å². The van der Waals surface area contributed by atoms with E-state index < -0.39 is 23.4 Å². The smallest absolute Gasteiger partial charge is 0.252 e. The lowest BCUT2D eigenvalue weighted by molar-refractivity contribution is 0.0989. The average molecular weight is 647 g/mol. The molecule has 12 nitrogen and oxygen atoms in total. The molecule has 0 unspecified atom stereocenters. The number of methoxy groups -OCH3 is 2. The van der Waals surface area contributed by atoms with Gasteiger partial charge in [-0.1, -0.05) is 18.2 Å². The molecule has 2 aromatic heterocycles. The summed E-state index contributed by atoms with van der Waals surface area (Å²) in [6, 6.07) is 16.2. The molecule has 0 fully saturated rings. The van der Waals surface area contributed by atoms with Crippen molar-refractivity contribution in [2.75, 3.05) is 14.2 Å². The number of hydrogen-bond acceptors (Lipinski definition) is 7. The van der Waals surface area contributed by atoms with Crippen LogP contribution in [0.25, 0.3) is 49.7 Å². The quantitative estimate of drug-likeness (QED) is 0.200. The third-order valence-corrected chi connectivity index (χ3v) is 7.93. The lowest BCUT2D eigenvalue weighted by Crippen LogP contribution is -2.13. The number of halogens is 2. The number of amides is 2. The molecule has 2 amide bonds. The Morgan fingerprint density at radius 1 is 0.812 bits per heavy atom. The highest BCUT2D eigenvalue weighted by Crippen LogP contribution is 2.39. The van der Waals surface area contributed by atoms with E-state index >= 15 is 8.78 Å². The van der Waals surface area contributed by atoms with Crippen molar-refractivity contribution in [2.24, 2.45) is 11.5 Å². The van der Waals surface area contributed by atoms with E-state index in [1.807, 2.05) is 6.07 Å². The zero-order valence-electron chi connectivity index (χ0n) is 25.4. The normalized spacial score (nSPS) is 11.0. The zero-order valence-corrected chi connectivity index (χ0v) is 25.4. The fraction of sp³-hybridized carbons (Fsp3) is 0.118. The molecule has 0 bridgehead atoms. The Bertz CT molecular complexity index is 2230. The maximum Gasteiger partial charge on any atom is 0.252 e. The van der Waals surface area contributed by atoms with Gasteiger partial charge in [0.15, 0.2) is 11.5 Å². The van der Waals surface area contributed by atoms with Crippen LogP contribution in [0.3, 0.4) is 0 Å². The van der Waals surface area contributed by atoms with Gasteiger partial charge >= 0.3 is 0 Å². The van der Waals surface area contributed by atoms with Crippen molar-refractivity contribution < 1.29 is 27.8 Å². The summed E-state index contributed by atoms with van der Waals surface area (Å²) in [5, 5.41) is 9.88. The Morgan fingerprint density at radius 3 is 1.75 bits per heavy atom. The number of carbonyl (C=O) groups excluding carboxylic acids is 2. The van der Waals surface area contributed by atoms with Crippen LogP contribution in [0.5, 0.6) is 11.5 Å². The summed E-state index contributed by atoms with van der Waals surface area (Å²) in [6.07, 6.45) is 0. The number of benzene rings is 4. The van der Waals surface area contributed by atoms with Crippen LogP contribution in [0.2, 0.25) is 0 Å². The van der Waals surface area contributed by atoms with Gasteiger partial charge in [-0.2, -0.15) is 5.26 Å². The molecule has 48 heavy (non-hydrogen) atoms. The monoisotopic (exact) mass is 646 g/mol. The second kappa shape index (κ2) is 12.2. The topological polar surface area (TPSA) is 168 Å². The average Bonchev–Trinajstić information content (AvgIpc) is 3.63. The van der Waals surface area contributed by atoms with E-state index in [0.717, 1.165) is 0 Å². The second-order valence-corrected chi connectivity index (χ2v) is 10.5. The number of aromatic nitrogens is 4. The molecule has 0 atom stereocenters. The molecule has 0 saturated carbocycles. The van der Waals surface area contributed by atoms with E-state index in [2.05, 4.69) is 14.8 Å². The summed E-state index contributed by atoms with van der Waals surface area (Å²) in [7, 11) is 2.68. The molecule has 14 heteroatoms. The highest BCUT2D eigenvalue weighted by molar-refractivity contribution is 6.03. The van der Waals surface area contributed by atoms with Crippen molar-refractivity contribution in [1.29, 1.82) is 5.26 Å². The summed E-state index contributed by atoms with van der Waals surface area (Å²) >= 11 is 0. The molecule has 0 aliphatic heterocycles. The summed E-state index contributed by atoms with van der Waals surface area (Å²) in [4.78, 5) is 37.2. The van der Waals surface area contributed by atoms with E-state index in [0.29, 0.717) is 11.0 Å². The van der Waals surface area contributed by atoms with Crippen molar-refractivity contribution in [3.63, 3.8) is 0 Å². The minimum Gasteiger partial charge on any atom is -0.494 e. The van der Waals surface area contributed by atoms with Crippen LogP contribution in [-0.2, 0) is 13.1 Å². The number of nitriles is 1. The number of hydrogen-bond donors (Lipinski definition) is 2. The molecule has 4 N–H and O–H groups in total. The number of imidazole rings is 2. The van der Waals surface area contributed by atoms with Gasteiger partial charge in [-0.25, -0.2) is 23.6 Å². The van der Waals surface area contributed by atoms with Gasteiger partial charge in [-0.05, 0) is 42.5 Å². The number of ether oxygens (including phenoxy) is 2. The standard InChI is InChI=1S/C34H24F2N8O4/c1-40-22-9-5-8-21(36)26(22)34-42-28-24(13-11-19(32(39)46)30(28)48-3)44(34)15-14-43-23-12-10-18(31(38)45)29(47-2)27(23)41-33(43)25-17(16-37)6-4-7-20(25)35/h4-13H,14-15H2,2-3H3,(H2,38,45)(H2,39,46). The van der Waals surface area contributed by atoms with Crippen LogP contribution in [0.4, 0.5) is 14.5 Å². The van der Waals surface area contributed by atoms with Crippen molar-refractivity contribution in [3.8, 4) is 40.3 Å². The van der Waals surface area contributed by atoms with Gasteiger partial charge in [-0.15, -0.1) is 0 Å². The van der Waals surface area contributed by atoms with Gasteiger partial charge in [0, 0.05) is 13.1 Å². The fourth-order valence-electron chi connectivity index (χ4n) is 5.84. The molecule has 0 spiro atoms. The highest BCUT2D eigenvalue weighted by atomic mass is 19.1. The molecule has 6 rings (SSSR count). The summed E-state index contributed by atoms with van der Waals surface area (Å²) in [5.74, 6) is -2.75. The van der Waals surface area contributed by atoms with Crippen molar-refractivity contribution >= 4 is 39.6 Å². The third-order valence-electron chi connectivity index (χ3n) is 7.93. The van der Waals surface area contributed by atoms with E-state index in [1.54, 1.807) is 21.3 Å². The molecular weight excluding hydrogens is 622 g/mol. The van der Waals surface area contributed by atoms with Gasteiger partial charge in [0.05, 0.1) is 65.7 Å². The number of carbonyl (C=O) groups is 2. The number of nitrogens with zero attached hydrogens (tertiary/aromatic N) is 6. The third kappa shape index (κ3) is 4.89. The molecular formula is C34H24F2N8O4. The Hall–Kier alpha value is -6.80. The van der Waals surface area contributed by atoms with Crippen molar-refractivity contribution in [1.82, 2.24) is 19.1 Å². The molecule has 0 saturated heterocycles. The summed E-state index contributed by atoms with van der Waals surface area (Å²) in [5.41, 5.74) is 12.3. The molecule has 238 valence electrons. The summed E-state index contributed by atoms with van der Waals surface area (Å²) < 4.78 is 45.3. The maximum atomic E-state index is 15.5. The molecule has 0 aliphatic carbocycles. The van der Waals surface area contributed by atoms with Crippen LogP contribution in [-0.4, -0.2) is 45.1 Å². The maximum absolute atomic E-state index is 15.5. The minimum absolute atomic E-state index is 0.00573. The van der Waals surface area contributed by atoms with Gasteiger partial charge in [-0.3, -0.25) is 9.59 Å². The second-order valence-electron chi connectivity index (χ2n) is 10.5. The first kappa shape index (κ1) is 31.2. The number of nitrogens with two attached hydrogens (primary N) is 2. The SMILES string of the molecule is [C-]#[N+]c1cccc(F)c1-c1nc2c(OC)c(C(N)=O)ccc2n1CCn1c(-c2c(F)cccc2C#N)nc2c(OC)c(C(N)=O)ccc21. The van der Waals surface area contributed by atoms with Crippen LogP contribution in [0.1, 0.15) is 26.3 Å². The molecule has 4 aromatic carbocycles. The Balaban J connectivity index is 1.64. The largest absolute Gasteiger partial charge is 0.494 e. The van der Waals surface area contributed by atoms with E-state index in [-0.39, 0.29) is 80.8 Å². The lowest BCUT2D eigenvalue weighted by atomic mass is 10.1. The summed E-state index contributed by atoms with van der Waals surface area (Å²) in [6.45, 7) is 7.73. The van der Waals surface area contributed by atoms with E-state index in [4.69, 9.17) is 27.5 Å². The molecule has 0 radical (unpaired) electrons. The Labute approximate surface area is 271 Å². The van der Waals surface area contributed by atoms with Crippen LogP contribution >= 0.6 is 0 Å². The lowest BCUT2D eigenvalue weighted by Gasteiger charge is -2.15. The van der Waals surface area contributed by atoms with Crippen molar-refractivity contribution in [3.05, 3.63) is 100 Å². The molecule has 2 heterocycles. The fourth-order valence-corrected chi connectivity index (χ4v) is 5.84. The predicted octanol–water partition coefficient (Wildman–Crippen LogP) is 5.34. The number of aryl methyl sites for hydroxylation is 2. The Kier molecular flexibility index (Phi) is 7.92. The van der Waals surface area contributed by atoms with Gasteiger partial charge in [0.2, 0.25) is 5.69 Å².